The fraction of sp³-hybridized carbons (Fsp3) is 1.00. The van der Waals surface area contributed by atoms with E-state index in [0.29, 0.717) is 6.92 Å². The highest BCUT2D eigenvalue weighted by atomic mass is 17.1. The molecule has 0 saturated heterocycles. The number of nitrogens with zero attached hydrogens (tertiary/aromatic N) is 3. The SMILES string of the molecule is CC(O[N+](=O)[O-])C(O[N+](=O)[O-])(O[N+](=O)[O-])C(O)(O)O. The van der Waals surface area contributed by atoms with E-state index in [0.717, 1.165) is 0 Å². The summed E-state index contributed by atoms with van der Waals surface area (Å²) in [4.78, 5) is 40.9. The third-order valence-corrected chi connectivity index (χ3v) is 1.67. The fourth-order valence-corrected chi connectivity index (χ4v) is 0.980. The Hall–Kier alpha value is -2.52. The van der Waals surface area contributed by atoms with Crippen molar-refractivity contribution in [2.24, 2.45) is 0 Å². The van der Waals surface area contributed by atoms with Crippen molar-refractivity contribution in [3.05, 3.63) is 30.3 Å². The summed E-state index contributed by atoms with van der Waals surface area (Å²) in [5.41, 5.74) is 0. The molecule has 1 unspecified atom stereocenters. The average molecular weight is 289 g/mol. The molecule has 110 valence electrons. The molecule has 0 radical (unpaired) electrons. The summed E-state index contributed by atoms with van der Waals surface area (Å²) >= 11 is 0. The molecule has 0 saturated carbocycles. The van der Waals surface area contributed by atoms with E-state index in [1.807, 2.05) is 0 Å². The van der Waals surface area contributed by atoms with E-state index in [1.54, 1.807) is 0 Å². The second kappa shape index (κ2) is 5.42. The molecule has 0 aliphatic rings. The van der Waals surface area contributed by atoms with Crippen molar-refractivity contribution in [3.63, 3.8) is 0 Å². The highest BCUT2D eigenvalue weighted by molar-refractivity contribution is 4.81. The van der Waals surface area contributed by atoms with Gasteiger partial charge in [-0.2, -0.15) is 0 Å². The van der Waals surface area contributed by atoms with Crippen LogP contribution >= 0.6 is 0 Å². The van der Waals surface area contributed by atoms with Gasteiger partial charge in [0.25, 0.3) is 15.3 Å². The molecule has 0 aromatic carbocycles. The molecule has 0 aliphatic heterocycles. The Morgan fingerprint density at radius 1 is 0.947 bits per heavy atom. The molecular formula is C4H7N3O12. The Labute approximate surface area is 101 Å². The Kier molecular flexibility index (Phi) is 4.70. The van der Waals surface area contributed by atoms with Crippen LogP contribution in [0.5, 0.6) is 0 Å². The number of hydrogen-bond acceptors (Lipinski definition) is 12. The summed E-state index contributed by atoms with van der Waals surface area (Å²) in [7, 11) is 0. The normalized spacial score (nSPS) is 13.3. The van der Waals surface area contributed by atoms with E-state index in [2.05, 4.69) is 14.5 Å². The van der Waals surface area contributed by atoms with E-state index in [4.69, 9.17) is 15.3 Å². The maximum atomic E-state index is 10.2. The number of hydrogen-bond donors (Lipinski definition) is 3. The second-order valence-electron chi connectivity index (χ2n) is 2.90. The zero-order chi connectivity index (χ0) is 15.4. The van der Waals surface area contributed by atoms with Gasteiger partial charge in [-0.3, -0.25) is 9.68 Å². The van der Waals surface area contributed by atoms with Crippen molar-refractivity contribution in [2.75, 3.05) is 0 Å². The smallest absolute Gasteiger partial charge is 0.340 e. The molecule has 1 atom stereocenters. The van der Waals surface area contributed by atoms with Crippen molar-refractivity contribution >= 4 is 0 Å². The molecule has 0 spiro atoms. The minimum Gasteiger partial charge on any atom is -0.340 e. The summed E-state index contributed by atoms with van der Waals surface area (Å²) in [5.74, 6) is -8.30. The minimum absolute atomic E-state index is 0.507. The predicted octanol–water partition coefficient (Wildman–Crippen LogP) is -2.67. The van der Waals surface area contributed by atoms with Gasteiger partial charge >= 0.3 is 11.8 Å². The third kappa shape index (κ3) is 4.01. The van der Waals surface area contributed by atoms with Crippen LogP contribution in [-0.4, -0.2) is 48.4 Å². The first kappa shape index (κ1) is 16.5. The van der Waals surface area contributed by atoms with E-state index in [1.165, 1.54) is 0 Å². The molecule has 15 heteroatoms. The van der Waals surface area contributed by atoms with Gasteiger partial charge < -0.3 is 20.2 Å². The number of rotatable bonds is 8. The van der Waals surface area contributed by atoms with E-state index in [9.17, 15) is 30.3 Å². The molecule has 0 fully saturated rings. The van der Waals surface area contributed by atoms with Gasteiger partial charge in [0.15, 0.2) is 6.10 Å². The lowest BCUT2D eigenvalue weighted by molar-refractivity contribution is -0.905. The maximum absolute atomic E-state index is 10.2. The van der Waals surface area contributed by atoms with Crippen LogP contribution in [0.25, 0.3) is 0 Å². The lowest BCUT2D eigenvalue weighted by atomic mass is 10.1. The van der Waals surface area contributed by atoms with Crippen LogP contribution in [-0.2, 0) is 14.5 Å². The van der Waals surface area contributed by atoms with Crippen molar-refractivity contribution in [1.29, 1.82) is 0 Å². The van der Waals surface area contributed by atoms with Crippen LogP contribution in [0.1, 0.15) is 6.92 Å². The fourth-order valence-electron chi connectivity index (χ4n) is 0.980. The summed E-state index contributed by atoms with van der Waals surface area (Å²) in [6.45, 7) is 0.507. The lowest BCUT2D eigenvalue weighted by Crippen LogP contribution is -2.66. The van der Waals surface area contributed by atoms with Crippen molar-refractivity contribution in [2.45, 2.75) is 24.8 Å². The first-order valence-electron chi connectivity index (χ1n) is 4.07. The van der Waals surface area contributed by atoms with Crippen LogP contribution in [0.4, 0.5) is 0 Å². The van der Waals surface area contributed by atoms with Gasteiger partial charge in [-0.25, -0.2) is 0 Å². The summed E-state index contributed by atoms with van der Waals surface area (Å²) in [6, 6.07) is 0. The molecule has 0 amide bonds. The van der Waals surface area contributed by atoms with Crippen molar-refractivity contribution < 1.29 is 45.1 Å². The maximum Gasteiger partial charge on any atom is 0.368 e. The van der Waals surface area contributed by atoms with Gasteiger partial charge in [0.1, 0.15) is 0 Å². The van der Waals surface area contributed by atoms with E-state index >= 15 is 0 Å². The largest absolute Gasteiger partial charge is 0.368 e. The number of aliphatic hydroxyl groups is 3. The van der Waals surface area contributed by atoms with Crippen LogP contribution in [0.3, 0.4) is 0 Å². The zero-order valence-electron chi connectivity index (χ0n) is 8.93. The molecule has 0 bridgehead atoms. The molecule has 0 aromatic rings. The highest BCUT2D eigenvalue weighted by Gasteiger charge is 2.63. The quantitative estimate of drug-likeness (QED) is 0.236. The van der Waals surface area contributed by atoms with Crippen molar-refractivity contribution in [3.8, 4) is 0 Å². The predicted molar refractivity (Wildman–Crippen MR) is 45.8 cm³/mol. The second-order valence-corrected chi connectivity index (χ2v) is 2.90. The molecule has 0 aromatic heterocycles. The highest BCUT2D eigenvalue weighted by Crippen LogP contribution is 2.30. The van der Waals surface area contributed by atoms with Gasteiger partial charge in [0.05, 0.1) is 0 Å². The first-order chi connectivity index (χ1) is 8.42. The van der Waals surface area contributed by atoms with Gasteiger partial charge in [0, 0.05) is 0 Å². The van der Waals surface area contributed by atoms with Crippen molar-refractivity contribution in [1.82, 2.24) is 0 Å². The Morgan fingerprint density at radius 3 is 1.53 bits per heavy atom. The van der Waals surface area contributed by atoms with Crippen LogP contribution < -0.4 is 0 Å². The molecular weight excluding hydrogens is 282 g/mol. The first-order valence-corrected chi connectivity index (χ1v) is 4.07. The summed E-state index contributed by atoms with van der Waals surface area (Å²) in [6.07, 6.45) is -2.47. The zero-order valence-corrected chi connectivity index (χ0v) is 8.93. The molecule has 3 N–H and O–H groups in total. The Balaban J connectivity index is 5.66. The van der Waals surface area contributed by atoms with Gasteiger partial charge in [-0.15, -0.1) is 30.3 Å². The van der Waals surface area contributed by atoms with E-state index < -0.39 is 33.1 Å². The minimum atomic E-state index is -4.37. The Bertz CT molecular complexity index is 358. The average Bonchev–Trinajstić information content (AvgIpc) is 2.11. The van der Waals surface area contributed by atoms with E-state index in [-0.39, 0.29) is 0 Å². The molecule has 15 nitrogen and oxygen atoms in total. The lowest BCUT2D eigenvalue weighted by Gasteiger charge is -2.37. The molecule has 0 aliphatic carbocycles. The summed E-state index contributed by atoms with van der Waals surface area (Å²) < 4.78 is 0. The molecule has 19 heavy (non-hydrogen) atoms. The standard InChI is InChI=1S/C4H7N3O12/c1-2(17-5(11)12)3(4(8,9)10,18-6(13)14)19-7(15)16/h2,8-10H,1H3. The Morgan fingerprint density at radius 2 is 1.32 bits per heavy atom. The monoisotopic (exact) mass is 289 g/mol. The third-order valence-electron chi connectivity index (χ3n) is 1.67. The molecule has 0 heterocycles. The van der Waals surface area contributed by atoms with Crippen LogP contribution in [0.2, 0.25) is 0 Å². The topological polar surface area (TPSA) is 218 Å². The van der Waals surface area contributed by atoms with Crippen LogP contribution in [0, 0.1) is 30.3 Å². The van der Waals surface area contributed by atoms with Crippen LogP contribution in [0.15, 0.2) is 0 Å². The summed E-state index contributed by atoms with van der Waals surface area (Å²) in [5, 5.41) is 51.7. The van der Waals surface area contributed by atoms with Gasteiger partial charge in [-0.1, -0.05) is 0 Å². The van der Waals surface area contributed by atoms with Gasteiger partial charge in [0.2, 0.25) is 0 Å². The molecule has 0 rings (SSSR count). The van der Waals surface area contributed by atoms with Gasteiger partial charge in [-0.05, 0) is 6.92 Å².